The molecule has 3 aliphatic rings. The Morgan fingerprint density at radius 3 is 2.26 bits per heavy atom. The number of nitrogens with zero attached hydrogens (tertiary/aromatic N) is 3. The van der Waals surface area contributed by atoms with Crippen LogP contribution in [0.2, 0.25) is 10.0 Å². The van der Waals surface area contributed by atoms with Crippen molar-refractivity contribution in [2.45, 2.75) is 19.0 Å². The first-order chi connectivity index (χ1) is 22.3. The molecular formula is C34H36Cl2N4O6. The van der Waals surface area contributed by atoms with Gasteiger partial charge in [-0.25, -0.2) is 0 Å². The highest BCUT2D eigenvalue weighted by Gasteiger charge is 2.35. The molecule has 0 saturated carbocycles. The van der Waals surface area contributed by atoms with E-state index in [1.54, 1.807) is 19.1 Å². The van der Waals surface area contributed by atoms with Crippen molar-refractivity contribution in [3.8, 4) is 16.9 Å². The van der Waals surface area contributed by atoms with Gasteiger partial charge in [0, 0.05) is 44.4 Å². The summed E-state index contributed by atoms with van der Waals surface area (Å²) in [5.41, 5.74) is 3.87. The summed E-state index contributed by atoms with van der Waals surface area (Å²) in [7, 11) is 0. The number of benzene rings is 3. The van der Waals surface area contributed by atoms with Gasteiger partial charge in [-0.05, 0) is 47.9 Å². The average Bonchev–Trinajstić information content (AvgIpc) is 3.09. The van der Waals surface area contributed by atoms with Gasteiger partial charge in [0.25, 0.3) is 11.8 Å². The third-order valence-electron chi connectivity index (χ3n) is 8.56. The van der Waals surface area contributed by atoms with Gasteiger partial charge in [-0.15, -0.1) is 0 Å². The van der Waals surface area contributed by atoms with Crippen LogP contribution < -0.4 is 15.0 Å². The molecule has 0 aromatic heterocycles. The number of amides is 3. The first-order valence-electron chi connectivity index (χ1n) is 15.4. The molecule has 3 heterocycles. The lowest BCUT2D eigenvalue weighted by atomic mass is 9.97. The van der Waals surface area contributed by atoms with Crippen LogP contribution >= 0.6 is 23.2 Å². The van der Waals surface area contributed by atoms with Crippen molar-refractivity contribution in [2.24, 2.45) is 0 Å². The normalized spacial score (nSPS) is 18.4. The molecule has 2 fully saturated rings. The van der Waals surface area contributed by atoms with Crippen LogP contribution in [0.3, 0.4) is 0 Å². The Kier molecular flexibility index (Phi) is 10.1. The standard InChI is InChI=1S/C34H36Cl2N4O6/c1-22(40-30-18-27(35)28(36)19-31(30)46-21-32(40)41)33(42)37-29(20-38-9-13-44-14-10-38)26-4-2-3-25(17-26)23-5-7-24(8-6-23)34(43)39-11-15-45-16-12-39/h2-8,17-19,22,29H,9-16,20-21H2,1H3,(H,37,42). The summed E-state index contributed by atoms with van der Waals surface area (Å²) in [6.45, 7) is 7.05. The molecule has 3 amide bonds. The van der Waals surface area contributed by atoms with E-state index >= 15 is 0 Å². The second-order valence-corrected chi connectivity index (χ2v) is 12.4. The Hall–Kier alpha value is -3.67. The van der Waals surface area contributed by atoms with Crippen LogP contribution in [0.5, 0.6) is 5.75 Å². The van der Waals surface area contributed by atoms with E-state index in [0.29, 0.717) is 68.1 Å². The molecule has 1 N–H and O–H groups in total. The monoisotopic (exact) mass is 666 g/mol. The maximum Gasteiger partial charge on any atom is 0.265 e. The molecule has 3 aliphatic heterocycles. The summed E-state index contributed by atoms with van der Waals surface area (Å²) in [6, 6.07) is 17.5. The van der Waals surface area contributed by atoms with Gasteiger partial charge in [0.2, 0.25) is 5.91 Å². The van der Waals surface area contributed by atoms with Crippen molar-refractivity contribution in [2.75, 3.05) is 70.7 Å². The molecule has 2 atom stereocenters. The Morgan fingerprint density at radius 1 is 0.870 bits per heavy atom. The van der Waals surface area contributed by atoms with E-state index < -0.39 is 6.04 Å². The van der Waals surface area contributed by atoms with Crippen LogP contribution in [0.1, 0.15) is 28.9 Å². The SMILES string of the molecule is CC(C(=O)NC(CN1CCOCC1)c1cccc(-c2ccc(C(=O)N3CCOCC3)cc2)c1)N1C(=O)COc2cc(Cl)c(Cl)cc21. The highest BCUT2D eigenvalue weighted by atomic mass is 35.5. The van der Waals surface area contributed by atoms with Crippen molar-refractivity contribution in [3.63, 3.8) is 0 Å². The van der Waals surface area contributed by atoms with Crippen LogP contribution in [0, 0.1) is 0 Å². The summed E-state index contributed by atoms with van der Waals surface area (Å²) in [4.78, 5) is 45.3. The predicted octanol–water partition coefficient (Wildman–Crippen LogP) is 4.44. The summed E-state index contributed by atoms with van der Waals surface area (Å²) in [6.07, 6.45) is 0. The van der Waals surface area contributed by atoms with Gasteiger partial charge in [0.05, 0.1) is 48.2 Å². The van der Waals surface area contributed by atoms with Gasteiger partial charge in [-0.3, -0.25) is 24.2 Å². The van der Waals surface area contributed by atoms with Crippen molar-refractivity contribution >= 4 is 46.6 Å². The largest absolute Gasteiger partial charge is 0.482 e. The number of rotatable bonds is 8. The fraction of sp³-hybridized carbons (Fsp3) is 0.382. The molecule has 2 saturated heterocycles. The molecular weight excluding hydrogens is 631 g/mol. The van der Waals surface area contributed by atoms with Gasteiger partial charge in [-0.1, -0.05) is 53.5 Å². The number of carbonyl (C=O) groups is 3. The van der Waals surface area contributed by atoms with Crippen molar-refractivity contribution in [1.82, 2.24) is 15.1 Å². The Labute approximate surface area is 278 Å². The van der Waals surface area contributed by atoms with Crippen LogP contribution in [0.4, 0.5) is 5.69 Å². The van der Waals surface area contributed by atoms with E-state index in [1.165, 1.54) is 4.90 Å². The molecule has 0 aliphatic carbocycles. The van der Waals surface area contributed by atoms with Gasteiger partial charge in [0.15, 0.2) is 6.61 Å². The molecule has 3 aromatic carbocycles. The lowest BCUT2D eigenvalue weighted by molar-refractivity contribution is -0.128. The summed E-state index contributed by atoms with van der Waals surface area (Å²) >= 11 is 12.5. The number of morpholine rings is 2. The number of hydrogen-bond acceptors (Lipinski definition) is 7. The summed E-state index contributed by atoms with van der Waals surface area (Å²) < 4.78 is 16.5. The quantitative estimate of drug-likeness (QED) is 0.380. The minimum atomic E-state index is -0.848. The number of fused-ring (bicyclic) bond motifs is 1. The number of nitrogens with one attached hydrogen (secondary N) is 1. The van der Waals surface area contributed by atoms with Crippen LogP contribution in [0.25, 0.3) is 11.1 Å². The Balaban J connectivity index is 1.23. The smallest absolute Gasteiger partial charge is 0.265 e. The molecule has 2 unspecified atom stereocenters. The van der Waals surface area contributed by atoms with Crippen molar-refractivity contribution < 1.29 is 28.6 Å². The molecule has 0 spiro atoms. The lowest BCUT2D eigenvalue weighted by Crippen LogP contribution is -2.53. The predicted molar refractivity (Wildman–Crippen MR) is 176 cm³/mol. The van der Waals surface area contributed by atoms with Crippen molar-refractivity contribution in [1.29, 1.82) is 0 Å². The first-order valence-corrected chi connectivity index (χ1v) is 16.2. The molecule has 10 nitrogen and oxygen atoms in total. The summed E-state index contributed by atoms with van der Waals surface area (Å²) in [5, 5.41) is 3.78. The minimum Gasteiger partial charge on any atom is -0.482 e. The van der Waals surface area contributed by atoms with E-state index in [1.807, 2.05) is 47.4 Å². The van der Waals surface area contributed by atoms with Crippen LogP contribution in [-0.4, -0.2) is 99.3 Å². The fourth-order valence-electron chi connectivity index (χ4n) is 5.97. The zero-order chi connectivity index (χ0) is 32.2. The second-order valence-electron chi connectivity index (χ2n) is 11.5. The Bertz CT molecular complexity index is 1590. The highest BCUT2D eigenvalue weighted by molar-refractivity contribution is 6.42. The zero-order valence-electron chi connectivity index (χ0n) is 25.5. The van der Waals surface area contributed by atoms with Gasteiger partial charge < -0.3 is 24.4 Å². The van der Waals surface area contributed by atoms with E-state index in [2.05, 4.69) is 16.3 Å². The third-order valence-corrected chi connectivity index (χ3v) is 9.28. The molecule has 0 bridgehead atoms. The second kappa shape index (κ2) is 14.4. The number of anilines is 1. The maximum atomic E-state index is 13.9. The highest BCUT2D eigenvalue weighted by Crippen LogP contribution is 2.39. The fourth-order valence-corrected chi connectivity index (χ4v) is 6.28. The molecule has 46 heavy (non-hydrogen) atoms. The van der Waals surface area contributed by atoms with E-state index in [4.69, 9.17) is 37.4 Å². The van der Waals surface area contributed by atoms with Gasteiger partial charge >= 0.3 is 0 Å². The van der Waals surface area contributed by atoms with Gasteiger partial charge in [-0.2, -0.15) is 0 Å². The third kappa shape index (κ3) is 7.16. The van der Waals surface area contributed by atoms with Crippen LogP contribution in [-0.2, 0) is 19.1 Å². The topological polar surface area (TPSA) is 101 Å². The number of ether oxygens (including phenoxy) is 3. The zero-order valence-corrected chi connectivity index (χ0v) is 27.1. The maximum absolute atomic E-state index is 13.9. The van der Waals surface area contributed by atoms with E-state index in [0.717, 1.165) is 29.8 Å². The minimum absolute atomic E-state index is 0.00208. The Morgan fingerprint density at radius 2 is 1.54 bits per heavy atom. The molecule has 6 rings (SSSR count). The number of carbonyl (C=O) groups excluding carboxylic acids is 3. The van der Waals surface area contributed by atoms with Gasteiger partial charge in [0.1, 0.15) is 11.8 Å². The molecule has 12 heteroatoms. The molecule has 242 valence electrons. The number of hydrogen-bond donors (Lipinski definition) is 1. The molecule has 0 radical (unpaired) electrons. The van der Waals surface area contributed by atoms with Crippen LogP contribution in [0.15, 0.2) is 60.7 Å². The van der Waals surface area contributed by atoms with Crippen molar-refractivity contribution in [3.05, 3.63) is 81.8 Å². The average molecular weight is 668 g/mol. The number of halogens is 2. The molecule has 3 aromatic rings. The lowest BCUT2D eigenvalue weighted by Gasteiger charge is -2.35. The summed E-state index contributed by atoms with van der Waals surface area (Å²) in [5.74, 6) is -0.278. The first kappa shape index (κ1) is 32.3. The van der Waals surface area contributed by atoms with E-state index in [-0.39, 0.29) is 35.4 Å². The van der Waals surface area contributed by atoms with E-state index in [9.17, 15) is 14.4 Å².